The molecular weight excluding hydrogens is 1210 g/mol. The number of thioether (sulfide) groups is 1. The Morgan fingerprint density at radius 1 is 0.538 bits per heavy atom. The summed E-state index contributed by atoms with van der Waals surface area (Å²) in [6.45, 7) is 17.4. The van der Waals surface area contributed by atoms with Gasteiger partial charge in [-0.1, -0.05) is 109 Å². The minimum Gasteiger partial charge on any atom is -0.488 e. The Bertz CT molecular complexity index is 3570. The average Bonchev–Trinajstić information content (AvgIpc) is 1.63. The molecule has 0 radical (unpaired) electrons. The van der Waals surface area contributed by atoms with Crippen LogP contribution in [-0.2, 0) is 62.2 Å². The van der Waals surface area contributed by atoms with E-state index in [1.807, 2.05) is 69.3 Å². The number of nitrogens with one attached hydrogen (secondary N) is 7. The van der Waals surface area contributed by atoms with E-state index in [0.717, 1.165) is 34.0 Å². The molecule has 0 bridgehead atoms. The summed E-state index contributed by atoms with van der Waals surface area (Å²) in [4.78, 5) is 125. The molecule has 1 aliphatic rings. The van der Waals surface area contributed by atoms with Crippen molar-refractivity contribution in [2.75, 3.05) is 24.8 Å². The largest absolute Gasteiger partial charge is 0.488 e. The molecule has 0 fully saturated rings. The number of carboxylic acids is 1. The van der Waals surface area contributed by atoms with Crippen molar-refractivity contribution in [3.63, 3.8) is 0 Å². The first-order chi connectivity index (χ1) is 44.0. The van der Waals surface area contributed by atoms with Gasteiger partial charge in [0.05, 0.1) is 11.4 Å². The van der Waals surface area contributed by atoms with Crippen LogP contribution >= 0.6 is 11.8 Å². The van der Waals surface area contributed by atoms with E-state index in [1.54, 1.807) is 120 Å². The third-order valence-corrected chi connectivity index (χ3v) is 15.6. The number of nitrogens with zero attached hydrogens (tertiary/aromatic N) is 1. The van der Waals surface area contributed by atoms with Crippen LogP contribution in [0.2, 0.25) is 0 Å². The van der Waals surface area contributed by atoms with Crippen molar-refractivity contribution in [2.45, 2.75) is 161 Å². The molecule has 22 nitrogen and oxygen atoms in total. The summed E-state index contributed by atoms with van der Waals surface area (Å²) in [5.41, 5.74) is 3.84. The van der Waals surface area contributed by atoms with Gasteiger partial charge in [-0.15, -0.1) is 11.8 Å². The van der Waals surface area contributed by atoms with Gasteiger partial charge in [0.1, 0.15) is 59.4 Å². The Morgan fingerprint density at radius 2 is 1.05 bits per heavy atom. The molecule has 1 heterocycles. The van der Waals surface area contributed by atoms with Crippen LogP contribution in [0, 0.1) is 0 Å². The SMILES string of the molecule is CC(=O)NCSC[C@H](NC(=O)[C@@H](Cc1ccccc1)NC(=O)OCC1c2ccccc2-c2ccccc21)C(=O)N[C@@H](Cc1ccc(OC(C)(C)C)cc1)C(=O)N[C@H](Cc1cn(C(=O)OC(C)(C)C)c2ccccc12)C(=O)N[C@@H](CCCCNC(=O)OC(C)(C)C)C(=O)O. The monoisotopic (exact) mass is 1290 g/mol. The number of unbranched alkanes of at least 4 members (excludes halogenated alkanes) is 1. The number of para-hydroxylation sites is 1. The standard InChI is InChI=1S/C70H86N8O14S/c1-43(79)72-42-93-41-58(76-61(81)56(36-44-22-12-11-13-23-44)77-66(87)89-40-53-51-27-16-14-25-49(51)50-26-15-17-28-52(50)53)63(83)74-55(37-45-31-33-47(34-32-45)90-68(2,3)4)60(80)75-57(38-46-39-78(67(88)92-70(8,9)10)59-30-19-18-24-48(46)59)62(82)73-54(64(84)85)29-20-21-35-71-65(86)91-69(5,6)7/h11-19,22-28,30-34,39,53-58H,20-21,29,35-38,40-42H2,1-10H3,(H,71,86)(H,72,79)(H,73,82)(H,74,83)(H,75,80)(H,76,81)(H,77,87)(H,84,85)/t54-,55-,56+,57+,58-/m0/s1. The van der Waals surface area contributed by atoms with Gasteiger partial charge in [0.2, 0.25) is 29.5 Å². The van der Waals surface area contributed by atoms with Crippen molar-refractivity contribution in [1.29, 1.82) is 0 Å². The molecule has 0 aliphatic heterocycles. The van der Waals surface area contributed by atoms with Crippen LogP contribution in [-0.4, -0.2) is 135 Å². The van der Waals surface area contributed by atoms with Crippen LogP contribution in [0.5, 0.6) is 5.75 Å². The Hall–Kier alpha value is -9.38. The normalized spacial score (nSPS) is 13.7. The first-order valence-corrected chi connectivity index (χ1v) is 32.1. The van der Waals surface area contributed by atoms with Crippen LogP contribution in [0.3, 0.4) is 0 Å². The van der Waals surface area contributed by atoms with Gasteiger partial charge in [-0.25, -0.2) is 19.2 Å². The zero-order chi connectivity index (χ0) is 67.6. The maximum atomic E-state index is 15.3. The van der Waals surface area contributed by atoms with Gasteiger partial charge < -0.3 is 61.3 Å². The third-order valence-electron chi connectivity index (χ3n) is 14.6. The number of carboxylic acid groups (broad SMARTS) is 1. The van der Waals surface area contributed by atoms with Gasteiger partial charge in [-0.3, -0.25) is 28.5 Å². The van der Waals surface area contributed by atoms with Gasteiger partial charge >= 0.3 is 24.2 Å². The molecule has 1 aliphatic carbocycles. The lowest BCUT2D eigenvalue weighted by atomic mass is 9.98. The smallest absolute Gasteiger partial charge is 0.419 e. The zero-order valence-corrected chi connectivity index (χ0v) is 55.2. The highest BCUT2D eigenvalue weighted by molar-refractivity contribution is 7.99. The minimum absolute atomic E-state index is 0.0226. The van der Waals surface area contributed by atoms with Crippen molar-refractivity contribution < 1.29 is 67.2 Å². The Labute approximate surface area is 546 Å². The Kier molecular flexibility index (Phi) is 24.7. The van der Waals surface area contributed by atoms with Gasteiger partial charge in [0, 0.05) is 56.0 Å². The molecule has 5 aromatic carbocycles. The predicted octanol–water partition coefficient (Wildman–Crippen LogP) is 9.08. The van der Waals surface area contributed by atoms with Crippen LogP contribution < -0.4 is 42.0 Å². The number of amides is 7. The summed E-state index contributed by atoms with van der Waals surface area (Å²) in [6.07, 6.45) is -0.831. The summed E-state index contributed by atoms with van der Waals surface area (Å²) < 4.78 is 24.3. The summed E-state index contributed by atoms with van der Waals surface area (Å²) >= 11 is 1.09. The molecule has 0 saturated heterocycles. The summed E-state index contributed by atoms with van der Waals surface area (Å²) in [6, 6.07) is 31.0. The summed E-state index contributed by atoms with van der Waals surface area (Å²) in [7, 11) is 0. The fraction of sp³-hybridized carbons (Fsp3) is 0.414. The van der Waals surface area contributed by atoms with Gasteiger partial charge in [0.15, 0.2) is 0 Å². The van der Waals surface area contributed by atoms with Crippen LogP contribution in [0.1, 0.15) is 122 Å². The number of hydrogen-bond donors (Lipinski definition) is 8. The number of aliphatic carboxylic acids is 1. The number of ether oxygens (including phenoxy) is 4. The number of carbonyl (C=O) groups is 9. The summed E-state index contributed by atoms with van der Waals surface area (Å²) in [5, 5.41) is 30.1. The van der Waals surface area contributed by atoms with E-state index in [-0.39, 0.29) is 68.7 Å². The topological polar surface area (TPSA) is 300 Å². The van der Waals surface area contributed by atoms with E-state index in [0.29, 0.717) is 39.8 Å². The Balaban J connectivity index is 1.19. The Morgan fingerprint density at radius 3 is 1.63 bits per heavy atom. The molecule has 0 saturated carbocycles. The minimum atomic E-state index is -1.57. The molecule has 1 aromatic heterocycles. The zero-order valence-electron chi connectivity index (χ0n) is 54.3. The predicted molar refractivity (Wildman–Crippen MR) is 355 cm³/mol. The second-order valence-corrected chi connectivity index (χ2v) is 26.8. The molecule has 0 unspecified atom stereocenters. The number of carbonyl (C=O) groups excluding carboxylic acids is 8. The maximum absolute atomic E-state index is 15.3. The second kappa shape index (κ2) is 32.3. The van der Waals surface area contributed by atoms with Crippen molar-refractivity contribution in [3.8, 4) is 16.9 Å². The fourth-order valence-electron chi connectivity index (χ4n) is 10.5. The van der Waals surface area contributed by atoms with E-state index >= 15 is 9.59 Å². The lowest BCUT2D eigenvalue weighted by Gasteiger charge is -2.27. The highest BCUT2D eigenvalue weighted by atomic mass is 32.2. The van der Waals surface area contributed by atoms with Crippen molar-refractivity contribution in [2.24, 2.45) is 0 Å². The highest BCUT2D eigenvalue weighted by Crippen LogP contribution is 2.44. The van der Waals surface area contributed by atoms with E-state index in [9.17, 15) is 38.7 Å². The number of alkyl carbamates (subject to hydrolysis) is 2. The first kappa shape index (κ1) is 71.1. The van der Waals surface area contributed by atoms with Gasteiger partial charge in [-0.2, -0.15) is 0 Å². The molecule has 93 heavy (non-hydrogen) atoms. The molecule has 7 amide bonds. The van der Waals surface area contributed by atoms with Crippen LogP contribution in [0.4, 0.5) is 14.4 Å². The number of fused-ring (bicyclic) bond motifs is 4. The number of aromatic nitrogens is 1. The van der Waals surface area contributed by atoms with Gasteiger partial charge in [0.25, 0.3) is 0 Å². The fourth-order valence-corrected chi connectivity index (χ4v) is 11.4. The lowest BCUT2D eigenvalue weighted by Crippen LogP contribution is -2.60. The second-order valence-electron chi connectivity index (χ2n) is 25.8. The molecular formula is C70H86N8O14S. The number of benzene rings is 5. The molecule has 496 valence electrons. The van der Waals surface area contributed by atoms with E-state index in [4.69, 9.17) is 18.9 Å². The van der Waals surface area contributed by atoms with Crippen LogP contribution in [0.25, 0.3) is 22.0 Å². The molecule has 0 spiro atoms. The lowest BCUT2D eigenvalue weighted by molar-refractivity contribution is -0.142. The van der Waals surface area contributed by atoms with Crippen molar-refractivity contribution in [3.05, 3.63) is 161 Å². The summed E-state index contributed by atoms with van der Waals surface area (Å²) in [5.74, 6) is -5.09. The molecule has 23 heteroatoms. The van der Waals surface area contributed by atoms with E-state index in [1.165, 1.54) is 17.7 Å². The number of rotatable bonds is 28. The van der Waals surface area contributed by atoms with E-state index in [2.05, 4.69) is 37.2 Å². The van der Waals surface area contributed by atoms with Crippen molar-refractivity contribution >= 4 is 76.4 Å². The number of hydrogen-bond acceptors (Lipinski definition) is 14. The van der Waals surface area contributed by atoms with Crippen molar-refractivity contribution in [1.82, 2.24) is 41.8 Å². The molecule has 6 aromatic rings. The quantitative estimate of drug-likeness (QED) is 0.0129. The molecule has 7 rings (SSSR count). The highest BCUT2D eigenvalue weighted by Gasteiger charge is 2.36. The molecule has 8 N–H and O–H groups in total. The van der Waals surface area contributed by atoms with Gasteiger partial charge in [-0.05, 0) is 139 Å². The third kappa shape index (κ3) is 21.9. The maximum Gasteiger partial charge on any atom is 0.419 e. The van der Waals surface area contributed by atoms with Crippen LogP contribution in [0.15, 0.2) is 134 Å². The average molecular weight is 1300 g/mol. The first-order valence-electron chi connectivity index (χ1n) is 31.0. The van der Waals surface area contributed by atoms with E-state index < -0.39 is 94.9 Å². The molecule has 5 atom stereocenters.